The molecule has 0 unspecified atom stereocenters. The molecule has 1 aromatic carbocycles. The van der Waals surface area contributed by atoms with Crippen molar-refractivity contribution in [2.45, 2.75) is 31.7 Å². The maximum atomic E-state index is 13.3. The lowest BCUT2D eigenvalue weighted by molar-refractivity contribution is -0.134. The molecule has 1 aliphatic rings. The highest BCUT2D eigenvalue weighted by Crippen LogP contribution is 2.34. The average Bonchev–Trinajstić information content (AvgIpc) is 2.98. The van der Waals surface area contributed by atoms with Crippen molar-refractivity contribution >= 4 is 5.97 Å². The number of H-pyrrole nitrogens is 1. The fourth-order valence-corrected chi connectivity index (χ4v) is 2.70. The summed E-state index contributed by atoms with van der Waals surface area (Å²) in [6, 6.07) is 3.03. The molecule has 0 bridgehead atoms. The van der Waals surface area contributed by atoms with Gasteiger partial charge in [-0.15, -0.1) is 0 Å². The second kappa shape index (κ2) is 8.02. The van der Waals surface area contributed by atoms with Gasteiger partial charge in [-0.2, -0.15) is 5.16 Å². The molecule has 1 fully saturated rings. The van der Waals surface area contributed by atoms with Crippen LogP contribution in [0, 0.1) is 17.5 Å². The number of benzene rings is 1. The van der Waals surface area contributed by atoms with Crippen molar-refractivity contribution in [3.8, 4) is 0 Å². The van der Waals surface area contributed by atoms with E-state index in [0.29, 0.717) is 24.3 Å². The molecule has 9 heteroatoms. The van der Waals surface area contributed by atoms with Crippen LogP contribution in [0.5, 0.6) is 0 Å². The first kappa shape index (κ1) is 18.8. The number of halogens is 3. The number of rotatable bonds is 2. The van der Waals surface area contributed by atoms with Gasteiger partial charge in [0.15, 0.2) is 17.5 Å². The van der Waals surface area contributed by atoms with Gasteiger partial charge in [0.25, 0.3) is 11.5 Å². The third-order valence-electron chi connectivity index (χ3n) is 3.76. The molecule has 0 spiro atoms. The van der Waals surface area contributed by atoms with Gasteiger partial charge in [0, 0.05) is 24.9 Å². The van der Waals surface area contributed by atoms with E-state index < -0.39 is 23.4 Å². The average molecular weight is 358 g/mol. The Morgan fingerprint density at radius 1 is 1.24 bits per heavy atom. The number of aromatic amines is 1. The standard InChI is InChI=1S/C14H13F3N2O2.C2H4O2/c15-9-3-8(4-10(16)14(9)17)11-5-7(1-2-18-11)12-6-13(20)19-21-12;1-2(3)4/h3-4,6-7,11,18H,1-2,5H2,(H,19,20);1H3,(H,3,4)/t7-,11+;/m0./s1. The number of nitrogens with one attached hydrogen (secondary N) is 2. The van der Waals surface area contributed by atoms with Gasteiger partial charge in [-0.1, -0.05) is 0 Å². The molecule has 0 radical (unpaired) electrons. The molecule has 6 nitrogen and oxygen atoms in total. The van der Waals surface area contributed by atoms with Gasteiger partial charge in [0.2, 0.25) is 0 Å². The fraction of sp³-hybridized carbons (Fsp3) is 0.375. The highest BCUT2D eigenvalue weighted by Gasteiger charge is 2.27. The van der Waals surface area contributed by atoms with Gasteiger partial charge in [-0.25, -0.2) is 13.2 Å². The smallest absolute Gasteiger partial charge is 0.300 e. The Kier molecular flexibility index (Phi) is 6.02. The minimum atomic E-state index is -1.47. The Balaban J connectivity index is 0.000000511. The molecule has 3 rings (SSSR count). The number of carbonyl (C=O) groups is 1. The summed E-state index contributed by atoms with van der Waals surface area (Å²) in [6.07, 6.45) is 1.24. The van der Waals surface area contributed by atoms with Crippen molar-refractivity contribution < 1.29 is 27.6 Å². The molecule has 1 aromatic heterocycles. The fourth-order valence-electron chi connectivity index (χ4n) is 2.70. The molecule has 25 heavy (non-hydrogen) atoms. The van der Waals surface area contributed by atoms with Crippen LogP contribution in [0.2, 0.25) is 0 Å². The highest BCUT2D eigenvalue weighted by molar-refractivity contribution is 5.62. The van der Waals surface area contributed by atoms with E-state index in [-0.39, 0.29) is 17.5 Å². The minimum Gasteiger partial charge on any atom is -0.481 e. The Morgan fingerprint density at radius 3 is 2.36 bits per heavy atom. The second-order valence-corrected chi connectivity index (χ2v) is 5.66. The van der Waals surface area contributed by atoms with Crippen molar-refractivity contribution in [2.75, 3.05) is 6.54 Å². The van der Waals surface area contributed by atoms with Crippen LogP contribution in [-0.2, 0) is 4.79 Å². The molecular formula is C16H17F3N2O4. The number of aromatic nitrogens is 1. The van der Waals surface area contributed by atoms with Crippen molar-refractivity contribution in [1.82, 2.24) is 10.5 Å². The maximum absolute atomic E-state index is 13.3. The number of aliphatic carboxylic acids is 1. The Morgan fingerprint density at radius 2 is 1.84 bits per heavy atom. The lowest BCUT2D eigenvalue weighted by Gasteiger charge is -2.29. The topological polar surface area (TPSA) is 95.3 Å². The molecule has 136 valence electrons. The van der Waals surface area contributed by atoms with Crippen LogP contribution in [0.15, 0.2) is 27.5 Å². The number of hydrogen-bond donors (Lipinski definition) is 3. The van der Waals surface area contributed by atoms with Crippen LogP contribution in [0.4, 0.5) is 13.2 Å². The van der Waals surface area contributed by atoms with E-state index in [1.54, 1.807) is 0 Å². The summed E-state index contributed by atoms with van der Waals surface area (Å²) in [5.41, 5.74) is 0.0212. The summed E-state index contributed by atoms with van der Waals surface area (Å²) < 4.78 is 44.7. The Hall–Kier alpha value is -2.55. The van der Waals surface area contributed by atoms with Crippen molar-refractivity contribution in [3.05, 3.63) is 57.3 Å². The summed E-state index contributed by atoms with van der Waals surface area (Å²) in [6.45, 7) is 1.69. The molecule has 2 aromatic rings. The maximum Gasteiger partial charge on any atom is 0.300 e. The number of hydrogen-bond acceptors (Lipinski definition) is 4. The van der Waals surface area contributed by atoms with Crippen molar-refractivity contribution in [2.24, 2.45) is 0 Å². The number of carboxylic acid groups (broad SMARTS) is 1. The van der Waals surface area contributed by atoms with E-state index in [0.717, 1.165) is 25.5 Å². The Bertz CT molecular complexity index is 776. The van der Waals surface area contributed by atoms with Crippen LogP contribution >= 0.6 is 0 Å². The second-order valence-electron chi connectivity index (χ2n) is 5.66. The zero-order valence-corrected chi connectivity index (χ0v) is 13.3. The van der Waals surface area contributed by atoms with Gasteiger partial charge >= 0.3 is 0 Å². The zero-order valence-electron chi connectivity index (χ0n) is 13.3. The number of carboxylic acids is 1. The summed E-state index contributed by atoms with van der Waals surface area (Å²) in [5, 5.41) is 12.8. The molecule has 0 amide bonds. The summed E-state index contributed by atoms with van der Waals surface area (Å²) in [4.78, 5) is 20.1. The third-order valence-corrected chi connectivity index (χ3v) is 3.76. The van der Waals surface area contributed by atoms with E-state index in [9.17, 15) is 18.0 Å². The molecule has 1 aliphatic heterocycles. The summed E-state index contributed by atoms with van der Waals surface area (Å²) >= 11 is 0. The predicted molar refractivity (Wildman–Crippen MR) is 81.7 cm³/mol. The Labute approximate surface area is 140 Å². The first-order valence-electron chi connectivity index (χ1n) is 7.53. The van der Waals surface area contributed by atoms with E-state index in [2.05, 4.69) is 10.5 Å². The van der Waals surface area contributed by atoms with Gasteiger partial charge < -0.3 is 14.9 Å². The monoisotopic (exact) mass is 358 g/mol. The first-order chi connectivity index (χ1) is 11.8. The molecule has 2 atom stereocenters. The van der Waals surface area contributed by atoms with E-state index >= 15 is 0 Å². The summed E-state index contributed by atoms with van der Waals surface area (Å²) in [5.74, 6) is -4.23. The van der Waals surface area contributed by atoms with E-state index in [1.165, 1.54) is 6.07 Å². The van der Waals surface area contributed by atoms with Crippen molar-refractivity contribution in [3.63, 3.8) is 0 Å². The van der Waals surface area contributed by atoms with Crippen LogP contribution in [0.25, 0.3) is 0 Å². The number of piperidine rings is 1. The lowest BCUT2D eigenvalue weighted by atomic mass is 9.87. The van der Waals surface area contributed by atoms with Crippen LogP contribution in [-0.4, -0.2) is 22.8 Å². The van der Waals surface area contributed by atoms with Gasteiger partial charge in [-0.3, -0.25) is 9.59 Å². The molecule has 0 saturated carbocycles. The first-order valence-corrected chi connectivity index (χ1v) is 7.53. The highest BCUT2D eigenvalue weighted by atomic mass is 19.2. The van der Waals surface area contributed by atoms with E-state index in [1.807, 2.05) is 0 Å². The van der Waals surface area contributed by atoms with Crippen LogP contribution in [0.1, 0.15) is 43.0 Å². The SMILES string of the molecule is CC(=O)O.O=c1cc([C@H]2CCN[C@@H](c3cc(F)c(F)c(F)c3)C2)o[nH]1. The molecule has 2 heterocycles. The molecule has 0 aliphatic carbocycles. The van der Waals surface area contributed by atoms with Gasteiger partial charge in [0.05, 0.1) is 0 Å². The minimum absolute atomic E-state index is 0.0358. The lowest BCUT2D eigenvalue weighted by Crippen LogP contribution is -2.31. The molecule has 1 saturated heterocycles. The third kappa shape index (κ3) is 4.96. The van der Waals surface area contributed by atoms with Gasteiger partial charge in [-0.05, 0) is 37.1 Å². The van der Waals surface area contributed by atoms with Crippen molar-refractivity contribution in [1.29, 1.82) is 0 Å². The normalized spacial score (nSPS) is 19.8. The van der Waals surface area contributed by atoms with Gasteiger partial charge in [0.1, 0.15) is 5.76 Å². The van der Waals surface area contributed by atoms with E-state index in [4.69, 9.17) is 14.4 Å². The largest absolute Gasteiger partial charge is 0.481 e. The van der Waals surface area contributed by atoms with Crippen LogP contribution < -0.4 is 10.9 Å². The quantitative estimate of drug-likeness (QED) is 0.718. The van der Waals surface area contributed by atoms with Crippen LogP contribution in [0.3, 0.4) is 0 Å². The zero-order chi connectivity index (χ0) is 18.6. The molecular weight excluding hydrogens is 341 g/mol. The molecule has 3 N–H and O–H groups in total. The summed E-state index contributed by atoms with van der Waals surface area (Å²) in [7, 11) is 0. The predicted octanol–water partition coefficient (Wildman–Crippen LogP) is 2.68.